The van der Waals surface area contributed by atoms with E-state index in [1.165, 1.54) is 18.5 Å². The van der Waals surface area contributed by atoms with Gasteiger partial charge in [-0.25, -0.2) is 9.97 Å². The molecule has 106 valence electrons. The molecule has 21 heavy (non-hydrogen) atoms. The number of non-ortho nitro benzene ring substituents is 1. The number of anilines is 1. The number of aromatic nitrogens is 2. The number of hydrogen-bond donors (Lipinski definition) is 1. The monoisotopic (exact) mass is 300 g/mol. The molecule has 0 aliphatic carbocycles. The largest absolute Gasteiger partial charge is 0.383 e. The first kappa shape index (κ1) is 13.4. The number of nitro benzene ring substituents is 1. The quantitative estimate of drug-likeness (QED) is 0.592. The molecule has 2 N–H and O–H groups in total. The predicted octanol–water partition coefficient (Wildman–Crippen LogP) is 3.08. The van der Waals surface area contributed by atoms with E-state index in [4.69, 9.17) is 5.73 Å². The number of benzene rings is 1. The average Bonchev–Trinajstić information content (AvgIpc) is 2.77. The zero-order chi connectivity index (χ0) is 15.0. The predicted molar refractivity (Wildman–Crippen MR) is 82.5 cm³/mol. The lowest BCUT2D eigenvalue weighted by Crippen LogP contribution is -1.96. The van der Waals surface area contributed by atoms with Crippen molar-refractivity contribution in [2.75, 3.05) is 5.73 Å². The molecule has 0 spiro atoms. The van der Waals surface area contributed by atoms with Gasteiger partial charge in [0.1, 0.15) is 17.0 Å². The molecule has 7 heteroatoms. The molecule has 1 aromatic carbocycles. The van der Waals surface area contributed by atoms with Crippen LogP contribution in [0.4, 0.5) is 11.5 Å². The van der Waals surface area contributed by atoms with Gasteiger partial charge >= 0.3 is 0 Å². The number of aryl methyl sites for hydroxylation is 1. The van der Waals surface area contributed by atoms with Crippen LogP contribution in [0.5, 0.6) is 0 Å². The first-order chi connectivity index (χ1) is 10.1. The zero-order valence-corrected chi connectivity index (χ0v) is 12.1. The average molecular weight is 300 g/mol. The van der Waals surface area contributed by atoms with Crippen LogP contribution in [-0.4, -0.2) is 14.9 Å². The number of fused-ring (bicyclic) bond motifs is 1. The maximum absolute atomic E-state index is 10.7. The highest BCUT2D eigenvalue weighted by Crippen LogP contribution is 2.33. The summed E-state index contributed by atoms with van der Waals surface area (Å²) in [6.45, 7) is 2.02. The fraction of sp³-hybridized carbons (Fsp3) is 0.143. The molecule has 0 atom stereocenters. The summed E-state index contributed by atoms with van der Waals surface area (Å²) in [5.74, 6) is 0.473. The number of nitrogens with zero attached hydrogens (tertiary/aromatic N) is 3. The van der Waals surface area contributed by atoms with E-state index in [0.29, 0.717) is 12.2 Å². The van der Waals surface area contributed by atoms with Gasteiger partial charge in [-0.3, -0.25) is 10.1 Å². The minimum atomic E-state index is -0.402. The van der Waals surface area contributed by atoms with Gasteiger partial charge in [0.25, 0.3) is 5.69 Å². The summed E-state index contributed by atoms with van der Waals surface area (Å²) in [6.07, 6.45) is 2.12. The number of rotatable bonds is 3. The summed E-state index contributed by atoms with van der Waals surface area (Å²) >= 11 is 1.58. The molecule has 0 radical (unpaired) electrons. The number of nitrogen functional groups attached to an aromatic ring is 1. The van der Waals surface area contributed by atoms with Crippen LogP contribution in [0.3, 0.4) is 0 Å². The third-order valence-electron chi connectivity index (χ3n) is 3.35. The SMILES string of the molecule is Cc1sc2ncnc(N)c2c1Cc1ccc([N+](=O)[O-])cc1. The highest BCUT2D eigenvalue weighted by Gasteiger charge is 2.14. The van der Waals surface area contributed by atoms with Gasteiger partial charge in [0, 0.05) is 17.0 Å². The maximum atomic E-state index is 10.7. The minimum absolute atomic E-state index is 0.0912. The van der Waals surface area contributed by atoms with Gasteiger partial charge in [0.05, 0.1) is 10.3 Å². The molecule has 3 rings (SSSR count). The second-order valence-corrected chi connectivity index (χ2v) is 5.88. The third kappa shape index (κ3) is 2.43. The van der Waals surface area contributed by atoms with Crippen LogP contribution in [0.15, 0.2) is 30.6 Å². The van der Waals surface area contributed by atoms with Crippen LogP contribution >= 0.6 is 11.3 Å². The van der Waals surface area contributed by atoms with E-state index in [2.05, 4.69) is 9.97 Å². The fourth-order valence-electron chi connectivity index (χ4n) is 2.28. The van der Waals surface area contributed by atoms with Crippen molar-refractivity contribution in [3.05, 3.63) is 56.7 Å². The molecule has 0 saturated carbocycles. The summed E-state index contributed by atoms with van der Waals surface area (Å²) in [4.78, 5) is 20.6. The third-order valence-corrected chi connectivity index (χ3v) is 4.40. The smallest absolute Gasteiger partial charge is 0.269 e. The van der Waals surface area contributed by atoms with Crippen LogP contribution in [0.2, 0.25) is 0 Å². The van der Waals surface area contributed by atoms with Gasteiger partial charge in [-0.1, -0.05) is 12.1 Å². The van der Waals surface area contributed by atoms with Gasteiger partial charge in [0.15, 0.2) is 0 Å². The second kappa shape index (κ2) is 5.10. The highest BCUT2D eigenvalue weighted by atomic mass is 32.1. The number of nitro groups is 1. The van der Waals surface area contributed by atoms with Gasteiger partial charge < -0.3 is 5.73 Å². The number of thiophene rings is 1. The van der Waals surface area contributed by atoms with Crippen molar-refractivity contribution in [3.63, 3.8) is 0 Å². The lowest BCUT2D eigenvalue weighted by atomic mass is 10.0. The van der Waals surface area contributed by atoms with Crippen molar-refractivity contribution in [3.8, 4) is 0 Å². The molecule has 0 unspecified atom stereocenters. The van der Waals surface area contributed by atoms with Crippen LogP contribution in [-0.2, 0) is 6.42 Å². The Labute approximate surface area is 124 Å². The van der Waals surface area contributed by atoms with Gasteiger partial charge in [-0.2, -0.15) is 0 Å². The molecule has 3 aromatic rings. The summed E-state index contributed by atoms with van der Waals surface area (Å²) in [5.41, 5.74) is 8.12. The Morgan fingerprint density at radius 1 is 1.29 bits per heavy atom. The molecular weight excluding hydrogens is 288 g/mol. The van der Waals surface area contributed by atoms with E-state index in [1.807, 2.05) is 6.92 Å². The zero-order valence-electron chi connectivity index (χ0n) is 11.2. The van der Waals surface area contributed by atoms with Crippen LogP contribution in [0, 0.1) is 17.0 Å². The molecule has 0 aliphatic rings. The van der Waals surface area contributed by atoms with E-state index in [9.17, 15) is 10.1 Å². The van der Waals surface area contributed by atoms with E-state index < -0.39 is 4.92 Å². The summed E-state index contributed by atoms with van der Waals surface area (Å²) in [6, 6.07) is 6.56. The molecule has 0 fully saturated rings. The van der Waals surface area contributed by atoms with Gasteiger partial charge in [0.2, 0.25) is 0 Å². The normalized spacial score (nSPS) is 10.9. The highest BCUT2D eigenvalue weighted by molar-refractivity contribution is 7.18. The van der Waals surface area contributed by atoms with Crippen LogP contribution < -0.4 is 5.73 Å². The molecule has 6 nitrogen and oxygen atoms in total. The van der Waals surface area contributed by atoms with E-state index >= 15 is 0 Å². The van der Waals surface area contributed by atoms with Crippen LogP contribution in [0.1, 0.15) is 16.0 Å². The standard InChI is InChI=1S/C14H12N4O2S/c1-8-11(12-13(15)16-7-17-14(12)21-8)6-9-2-4-10(5-3-9)18(19)20/h2-5,7H,6H2,1H3,(H2,15,16,17). The van der Waals surface area contributed by atoms with E-state index in [0.717, 1.165) is 26.2 Å². The molecular formula is C14H12N4O2S. The molecule has 0 amide bonds. The molecule has 0 bridgehead atoms. The first-order valence-electron chi connectivity index (χ1n) is 6.28. The van der Waals surface area contributed by atoms with Crippen molar-refractivity contribution in [1.29, 1.82) is 0 Å². The Morgan fingerprint density at radius 2 is 2.00 bits per heavy atom. The summed E-state index contributed by atoms with van der Waals surface area (Å²) in [5, 5.41) is 11.6. The maximum Gasteiger partial charge on any atom is 0.269 e. The van der Waals surface area contributed by atoms with Crippen molar-refractivity contribution >= 4 is 33.1 Å². The Hall–Kier alpha value is -2.54. The molecule has 2 aromatic heterocycles. The Morgan fingerprint density at radius 3 is 2.67 bits per heavy atom. The second-order valence-electron chi connectivity index (χ2n) is 4.68. The lowest BCUT2D eigenvalue weighted by Gasteiger charge is -2.03. The Kier molecular flexibility index (Phi) is 3.26. The lowest BCUT2D eigenvalue weighted by molar-refractivity contribution is -0.384. The number of hydrogen-bond acceptors (Lipinski definition) is 6. The van der Waals surface area contributed by atoms with Crippen molar-refractivity contribution in [1.82, 2.24) is 9.97 Å². The molecule has 0 saturated heterocycles. The van der Waals surface area contributed by atoms with Crippen LogP contribution in [0.25, 0.3) is 10.2 Å². The number of nitrogens with two attached hydrogens (primary N) is 1. The van der Waals surface area contributed by atoms with Crippen molar-refractivity contribution in [2.45, 2.75) is 13.3 Å². The summed E-state index contributed by atoms with van der Waals surface area (Å²) < 4.78 is 0. The Bertz CT molecular complexity index is 827. The van der Waals surface area contributed by atoms with Crippen molar-refractivity contribution < 1.29 is 4.92 Å². The fourth-order valence-corrected chi connectivity index (χ4v) is 3.30. The summed E-state index contributed by atoms with van der Waals surface area (Å²) in [7, 11) is 0. The van der Waals surface area contributed by atoms with E-state index in [-0.39, 0.29) is 5.69 Å². The molecule has 0 aliphatic heterocycles. The minimum Gasteiger partial charge on any atom is -0.383 e. The molecule has 2 heterocycles. The first-order valence-corrected chi connectivity index (χ1v) is 7.09. The topological polar surface area (TPSA) is 94.9 Å². The van der Waals surface area contributed by atoms with E-state index in [1.54, 1.807) is 23.5 Å². The van der Waals surface area contributed by atoms with Gasteiger partial charge in [-0.15, -0.1) is 11.3 Å². The van der Waals surface area contributed by atoms with Gasteiger partial charge in [-0.05, 0) is 24.5 Å². The Balaban J connectivity index is 2.01. The van der Waals surface area contributed by atoms with Crippen molar-refractivity contribution in [2.24, 2.45) is 0 Å².